The SMILES string of the molecule is C[Si](C)(C)OC(=S)C(Cc1cn(C(c2ccccc2)(c2ccccc2)c2ccccc2)cn1)NC(=O)OCC1c2ccccc2-c2ccccc21. The number of carbonyl (C=O) groups is 1. The normalized spacial score (nSPS) is 13.2. The van der Waals surface area contributed by atoms with Gasteiger partial charge in [-0.3, -0.25) is 0 Å². The summed E-state index contributed by atoms with van der Waals surface area (Å²) in [6, 6.07) is 47.4. The molecule has 0 radical (unpaired) electrons. The molecule has 1 N–H and O–H groups in total. The van der Waals surface area contributed by atoms with Crippen molar-refractivity contribution in [2.45, 2.75) is 43.6 Å². The third-order valence-electron chi connectivity index (χ3n) is 9.34. The maximum absolute atomic E-state index is 13.6. The van der Waals surface area contributed by atoms with Crippen LogP contribution in [-0.2, 0) is 21.1 Å². The number of carbonyl (C=O) groups excluding carboxylic acids is 1. The van der Waals surface area contributed by atoms with Crippen LogP contribution in [0.5, 0.6) is 0 Å². The molecule has 0 fully saturated rings. The molecule has 6 nitrogen and oxygen atoms in total. The van der Waals surface area contributed by atoms with Gasteiger partial charge in [0, 0.05) is 18.5 Å². The number of benzene rings is 5. The molecule has 0 bridgehead atoms. The zero-order valence-corrected chi connectivity index (χ0v) is 30.8. The Balaban J connectivity index is 1.18. The number of imidazole rings is 1. The highest BCUT2D eigenvalue weighted by molar-refractivity contribution is 7.80. The van der Waals surface area contributed by atoms with Crippen molar-refractivity contribution >= 4 is 31.7 Å². The van der Waals surface area contributed by atoms with E-state index in [1.807, 2.05) is 48.8 Å². The Morgan fingerprint density at radius 3 is 1.73 bits per heavy atom. The molecule has 7 rings (SSSR count). The zero-order chi connectivity index (χ0) is 35.4. The van der Waals surface area contributed by atoms with Crippen molar-refractivity contribution in [1.82, 2.24) is 14.9 Å². The maximum Gasteiger partial charge on any atom is 0.407 e. The Morgan fingerprint density at radius 1 is 0.765 bits per heavy atom. The predicted octanol–water partition coefficient (Wildman–Crippen LogP) is 9.35. The number of thiocarbonyl (C=S) groups is 1. The Bertz CT molecular complexity index is 1990. The summed E-state index contributed by atoms with van der Waals surface area (Å²) >= 11 is 5.85. The number of ether oxygens (including phenoxy) is 1. The van der Waals surface area contributed by atoms with E-state index in [1.54, 1.807) is 0 Å². The van der Waals surface area contributed by atoms with Gasteiger partial charge in [-0.2, -0.15) is 0 Å². The van der Waals surface area contributed by atoms with Gasteiger partial charge in [0.1, 0.15) is 18.2 Å². The molecular formula is C43H41N3O3SSi. The van der Waals surface area contributed by atoms with Crippen LogP contribution in [0.1, 0.15) is 39.4 Å². The van der Waals surface area contributed by atoms with Gasteiger partial charge in [-0.25, -0.2) is 9.78 Å². The smallest absolute Gasteiger partial charge is 0.407 e. The maximum atomic E-state index is 13.6. The lowest BCUT2D eigenvalue weighted by Crippen LogP contribution is -2.46. The number of nitrogens with zero attached hydrogens (tertiary/aromatic N) is 2. The molecule has 0 saturated carbocycles. The second-order valence-corrected chi connectivity index (χ2v) is 18.7. The summed E-state index contributed by atoms with van der Waals surface area (Å²) in [4.78, 5) is 18.5. The van der Waals surface area contributed by atoms with E-state index >= 15 is 0 Å². The summed E-state index contributed by atoms with van der Waals surface area (Å²) in [6.45, 7) is 6.43. The average molecular weight is 708 g/mol. The molecule has 1 unspecified atom stereocenters. The van der Waals surface area contributed by atoms with Gasteiger partial charge in [-0.15, -0.1) is 0 Å². The lowest BCUT2D eigenvalue weighted by Gasteiger charge is -2.37. The van der Waals surface area contributed by atoms with E-state index < -0.39 is 26.0 Å². The van der Waals surface area contributed by atoms with Gasteiger partial charge in [0.2, 0.25) is 8.32 Å². The zero-order valence-electron chi connectivity index (χ0n) is 29.0. The van der Waals surface area contributed by atoms with Crippen LogP contribution >= 0.6 is 12.2 Å². The number of aromatic nitrogens is 2. The second-order valence-electron chi connectivity index (χ2n) is 13.8. The summed E-state index contributed by atoms with van der Waals surface area (Å²) in [5, 5.41) is 3.38. The highest BCUT2D eigenvalue weighted by Crippen LogP contribution is 2.45. The van der Waals surface area contributed by atoms with Crippen molar-refractivity contribution in [2.75, 3.05) is 6.61 Å². The molecular weight excluding hydrogens is 667 g/mol. The van der Waals surface area contributed by atoms with Crippen molar-refractivity contribution < 1.29 is 14.0 Å². The van der Waals surface area contributed by atoms with Crippen LogP contribution in [0, 0.1) is 0 Å². The van der Waals surface area contributed by atoms with Crippen LogP contribution in [0.15, 0.2) is 152 Å². The van der Waals surface area contributed by atoms with E-state index in [4.69, 9.17) is 26.4 Å². The first-order valence-corrected chi connectivity index (χ1v) is 21.1. The fraction of sp³-hybridized carbons (Fsp3) is 0.186. The van der Waals surface area contributed by atoms with Gasteiger partial charge in [0.15, 0.2) is 5.05 Å². The Hall–Kier alpha value is -5.31. The quantitative estimate of drug-likeness (QED) is 0.0826. The number of hydrogen-bond acceptors (Lipinski definition) is 5. The molecule has 51 heavy (non-hydrogen) atoms. The van der Waals surface area contributed by atoms with Crippen LogP contribution in [0.3, 0.4) is 0 Å². The molecule has 1 atom stereocenters. The fourth-order valence-electron chi connectivity index (χ4n) is 7.20. The summed E-state index contributed by atoms with van der Waals surface area (Å²) in [7, 11) is -2.09. The van der Waals surface area contributed by atoms with Crippen LogP contribution in [-0.4, -0.2) is 41.7 Å². The van der Waals surface area contributed by atoms with Crippen molar-refractivity contribution in [3.05, 3.63) is 186 Å². The van der Waals surface area contributed by atoms with Gasteiger partial charge in [-0.1, -0.05) is 140 Å². The Kier molecular flexibility index (Phi) is 9.71. The molecule has 0 aliphatic heterocycles. The highest BCUT2D eigenvalue weighted by atomic mass is 32.1. The average Bonchev–Trinajstić information content (AvgIpc) is 3.74. The van der Waals surface area contributed by atoms with Crippen LogP contribution in [0.2, 0.25) is 19.6 Å². The number of rotatable bonds is 11. The van der Waals surface area contributed by atoms with Crippen LogP contribution < -0.4 is 5.32 Å². The lowest BCUT2D eigenvalue weighted by atomic mass is 9.77. The molecule has 1 aliphatic rings. The first-order valence-electron chi connectivity index (χ1n) is 17.3. The molecule has 0 saturated heterocycles. The molecule has 1 aromatic heterocycles. The highest BCUT2D eigenvalue weighted by Gasteiger charge is 2.39. The van der Waals surface area contributed by atoms with Crippen LogP contribution in [0.4, 0.5) is 4.79 Å². The topological polar surface area (TPSA) is 65.4 Å². The summed E-state index contributed by atoms with van der Waals surface area (Å²) in [5.41, 5.74) is 8.00. The minimum absolute atomic E-state index is 0.0513. The molecule has 256 valence electrons. The van der Waals surface area contributed by atoms with Crippen molar-refractivity contribution in [3.8, 4) is 11.1 Å². The predicted molar refractivity (Wildman–Crippen MR) is 210 cm³/mol. The molecule has 1 amide bonds. The van der Waals surface area contributed by atoms with Crippen LogP contribution in [0.25, 0.3) is 11.1 Å². The molecule has 6 aromatic rings. The van der Waals surface area contributed by atoms with Crippen molar-refractivity contribution in [1.29, 1.82) is 0 Å². The van der Waals surface area contributed by atoms with Gasteiger partial charge in [0.25, 0.3) is 0 Å². The largest absolute Gasteiger partial charge is 0.538 e. The minimum atomic E-state index is -2.09. The van der Waals surface area contributed by atoms with E-state index in [2.05, 4.69) is 133 Å². The Morgan fingerprint density at radius 2 is 1.24 bits per heavy atom. The molecule has 1 aliphatic carbocycles. The monoisotopic (exact) mass is 707 g/mol. The minimum Gasteiger partial charge on any atom is -0.538 e. The number of nitrogens with one attached hydrogen (secondary N) is 1. The fourth-order valence-corrected chi connectivity index (χ4v) is 8.83. The van der Waals surface area contributed by atoms with Gasteiger partial charge in [-0.05, 0) is 70.8 Å². The third-order valence-corrected chi connectivity index (χ3v) is 10.7. The van der Waals surface area contributed by atoms with E-state index in [9.17, 15) is 4.79 Å². The summed E-state index contributed by atoms with van der Waals surface area (Å²) in [6.07, 6.45) is 3.70. The number of amides is 1. The Labute approximate surface area is 306 Å². The molecule has 0 spiro atoms. The van der Waals surface area contributed by atoms with E-state index in [-0.39, 0.29) is 12.5 Å². The van der Waals surface area contributed by atoms with Gasteiger partial charge >= 0.3 is 6.09 Å². The van der Waals surface area contributed by atoms with E-state index in [1.165, 1.54) is 11.1 Å². The summed E-state index contributed by atoms with van der Waals surface area (Å²) in [5.74, 6) is -0.0513. The van der Waals surface area contributed by atoms with Crippen molar-refractivity contribution in [2.24, 2.45) is 0 Å². The number of fused-ring (bicyclic) bond motifs is 3. The first-order chi connectivity index (χ1) is 24.7. The number of hydrogen-bond donors (Lipinski definition) is 1. The summed E-state index contributed by atoms with van der Waals surface area (Å²) < 4.78 is 14.4. The number of alkyl carbamates (subject to hydrolysis) is 1. The van der Waals surface area contributed by atoms with Crippen molar-refractivity contribution in [3.63, 3.8) is 0 Å². The second kappa shape index (κ2) is 14.5. The first kappa shape index (κ1) is 34.2. The molecule has 5 aromatic carbocycles. The van der Waals surface area contributed by atoms with Gasteiger partial charge < -0.3 is 19.0 Å². The van der Waals surface area contributed by atoms with Gasteiger partial charge in [0.05, 0.1) is 12.0 Å². The standard InChI is InChI=1S/C43H41N3O3SSi/c1-51(2,3)49-41(50)40(45-42(47)48-29-39-37-25-15-13-23-35(37)36-24-14-16-26-38(36)39)27-34-28-46(30-44-34)43(31-17-7-4-8-18-31,32-19-9-5-10-20-32)33-21-11-6-12-22-33/h4-26,28,30,39-40H,27,29H2,1-3H3,(H,45,47). The van der Waals surface area contributed by atoms with E-state index in [0.717, 1.165) is 33.5 Å². The lowest BCUT2D eigenvalue weighted by molar-refractivity contribution is 0.141. The molecule has 1 heterocycles. The third kappa shape index (κ3) is 7.02. The molecule has 8 heteroatoms. The van der Waals surface area contributed by atoms with E-state index in [0.29, 0.717) is 11.5 Å².